The van der Waals surface area contributed by atoms with Crippen LogP contribution in [-0.4, -0.2) is 54.3 Å². The zero-order valence-electron chi connectivity index (χ0n) is 11.4. The Balaban J connectivity index is 2.81. The van der Waals surface area contributed by atoms with Gasteiger partial charge in [-0.15, -0.1) is 0 Å². The van der Waals surface area contributed by atoms with Crippen LogP contribution in [0.25, 0.3) is 0 Å². The van der Waals surface area contributed by atoms with Crippen molar-refractivity contribution in [3.05, 3.63) is 21.6 Å². The first-order chi connectivity index (χ1) is 9.26. The first-order valence-corrected chi connectivity index (χ1v) is 6.37. The third kappa shape index (κ3) is 4.69. The highest BCUT2D eigenvalue weighted by atomic mass is 35.5. The lowest BCUT2D eigenvalue weighted by Gasteiger charge is -2.16. The van der Waals surface area contributed by atoms with E-state index < -0.39 is 24.6 Å². The quantitative estimate of drug-likeness (QED) is 0.765. The van der Waals surface area contributed by atoms with E-state index in [0.717, 1.165) is 0 Å². The molecular formula is C11H18ClF2N5O. The van der Waals surface area contributed by atoms with Gasteiger partial charge in [0.15, 0.2) is 0 Å². The third-order valence-corrected chi connectivity index (χ3v) is 2.95. The Labute approximate surface area is 120 Å². The van der Waals surface area contributed by atoms with Gasteiger partial charge in [0.2, 0.25) is 0 Å². The molecule has 9 heteroatoms. The van der Waals surface area contributed by atoms with Gasteiger partial charge in [0.1, 0.15) is 5.02 Å². The second-order valence-electron chi connectivity index (χ2n) is 4.62. The van der Waals surface area contributed by atoms with Gasteiger partial charge in [0, 0.05) is 6.54 Å². The van der Waals surface area contributed by atoms with E-state index in [1.165, 1.54) is 10.9 Å². The molecule has 0 aromatic carbocycles. The van der Waals surface area contributed by atoms with Crippen LogP contribution in [0.3, 0.4) is 0 Å². The minimum Gasteiger partial charge on any atom is -0.376 e. The van der Waals surface area contributed by atoms with Crippen molar-refractivity contribution in [3.8, 4) is 0 Å². The lowest BCUT2D eigenvalue weighted by molar-refractivity contribution is 0.0254. The van der Waals surface area contributed by atoms with Gasteiger partial charge in [0.25, 0.3) is 11.5 Å². The summed E-state index contributed by atoms with van der Waals surface area (Å²) in [6.45, 7) is -0.511. The molecule has 3 N–H and O–H groups in total. The van der Waals surface area contributed by atoms with Gasteiger partial charge in [-0.2, -0.15) is 5.10 Å². The van der Waals surface area contributed by atoms with Crippen LogP contribution in [0.15, 0.2) is 11.0 Å². The maximum atomic E-state index is 13.0. The number of likely N-dealkylation sites (N-methyl/N-ethyl adjacent to an activating group) is 1. The fourth-order valence-corrected chi connectivity index (χ4v) is 1.55. The van der Waals surface area contributed by atoms with Crippen molar-refractivity contribution < 1.29 is 8.78 Å². The number of halogens is 3. The smallest absolute Gasteiger partial charge is 0.287 e. The summed E-state index contributed by atoms with van der Waals surface area (Å²) in [6, 6.07) is 0. The molecule has 0 aliphatic rings. The van der Waals surface area contributed by atoms with Crippen LogP contribution in [0.2, 0.25) is 5.02 Å². The molecule has 0 fully saturated rings. The summed E-state index contributed by atoms with van der Waals surface area (Å²) >= 11 is 5.86. The predicted octanol–water partition coefficient (Wildman–Crippen LogP) is 0.464. The summed E-state index contributed by atoms with van der Waals surface area (Å²) < 4.78 is 27.2. The van der Waals surface area contributed by atoms with E-state index in [1.807, 2.05) is 19.0 Å². The zero-order chi connectivity index (χ0) is 15.3. The number of nitrogens with one attached hydrogen (secondary N) is 1. The molecule has 0 saturated carbocycles. The fourth-order valence-electron chi connectivity index (χ4n) is 1.34. The Kier molecular flexibility index (Phi) is 5.85. The SMILES string of the molecule is CN(C)CCn1ncc(NCC(F)(F)CN)c(Cl)c1=O. The standard InChI is InChI=1S/C11H18ClF2N5O/c1-18(2)3-4-19-10(20)9(12)8(5-17-19)16-7-11(13,14)6-15/h5,16H,3-4,6-7,15H2,1-2H3. The van der Waals surface area contributed by atoms with E-state index in [4.69, 9.17) is 17.3 Å². The second-order valence-corrected chi connectivity index (χ2v) is 5.00. The zero-order valence-corrected chi connectivity index (χ0v) is 12.1. The Morgan fingerprint density at radius 3 is 2.75 bits per heavy atom. The van der Waals surface area contributed by atoms with Gasteiger partial charge in [0.05, 0.1) is 31.5 Å². The van der Waals surface area contributed by atoms with Crippen molar-refractivity contribution in [1.82, 2.24) is 14.7 Å². The predicted molar refractivity (Wildman–Crippen MR) is 74.6 cm³/mol. The molecule has 0 atom stereocenters. The molecule has 114 valence electrons. The molecule has 6 nitrogen and oxygen atoms in total. The first kappa shape index (κ1) is 16.8. The van der Waals surface area contributed by atoms with Gasteiger partial charge in [-0.1, -0.05) is 11.6 Å². The highest BCUT2D eigenvalue weighted by Crippen LogP contribution is 2.18. The van der Waals surface area contributed by atoms with Crippen molar-refractivity contribution >= 4 is 17.3 Å². The molecule has 0 amide bonds. The highest BCUT2D eigenvalue weighted by Gasteiger charge is 2.26. The number of nitrogens with two attached hydrogens (primary N) is 1. The number of hydrogen-bond acceptors (Lipinski definition) is 5. The summed E-state index contributed by atoms with van der Waals surface area (Å²) in [4.78, 5) is 13.8. The molecule has 1 aromatic rings. The van der Waals surface area contributed by atoms with Crippen LogP contribution in [0.1, 0.15) is 0 Å². The van der Waals surface area contributed by atoms with Crippen LogP contribution in [0, 0.1) is 0 Å². The summed E-state index contributed by atoms with van der Waals surface area (Å²) in [5.41, 5.74) is 4.48. The molecule has 1 heterocycles. The van der Waals surface area contributed by atoms with Crippen LogP contribution < -0.4 is 16.6 Å². The van der Waals surface area contributed by atoms with Crippen molar-refractivity contribution in [2.45, 2.75) is 12.5 Å². The third-order valence-electron chi connectivity index (χ3n) is 2.58. The maximum absolute atomic E-state index is 13.0. The van der Waals surface area contributed by atoms with Crippen LogP contribution in [0.4, 0.5) is 14.5 Å². The number of alkyl halides is 2. The maximum Gasteiger partial charge on any atom is 0.287 e. The normalized spacial score (nSPS) is 11.9. The second kappa shape index (κ2) is 6.96. The lowest BCUT2D eigenvalue weighted by Crippen LogP contribution is -2.36. The van der Waals surface area contributed by atoms with Crippen LogP contribution >= 0.6 is 11.6 Å². The summed E-state index contributed by atoms with van der Waals surface area (Å²) in [7, 11) is 3.72. The molecule has 0 saturated heterocycles. The average molecular weight is 310 g/mol. The lowest BCUT2D eigenvalue weighted by atomic mass is 10.3. The fraction of sp³-hybridized carbons (Fsp3) is 0.636. The van der Waals surface area contributed by atoms with Crippen LogP contribution in [-0.2, 0) is 6.54 Å². The van der Waals surface area contributed by atoms with Gasteiger partial charge in [-0.25, -0.2) is 13.5 Å². The van der Waals surface area contributed by atoms with Gasteiger partial charge in [-0.3, -0.25) is 4.79 Å². The molecular weight excluding hydrogens is 292 g/mol. The van der Waals surface area contributed by atoms with E-state index in [2.05, 4.69) is 10.4 Å². The minimum atomic E-state index is -3.07. The molecule has 0 radical (unpaired) electrons. The first-order valence-electron chi connectivity index (χ1n) is 5.99. The van der Waals surface area contributed by atoms with Crippen molar-refractivity contribution in [1.29, 1.82) is 0 Å². The average Bonchev–Trinajstić information content (AvgIpc) is 2.39. The molecule has 20 heavy (non-hydrogen) atoms. The number of aromatic nitrogens is 2. The highest BCUT2D eigenvalue weighted by molar-refractivity contribution is 6.32. The summed E-state index contributed by atoms with van der Waals surface area (Å²) in [6.07, 6.45) is 1.26. The summed E-state index contributed by atoms with van der Waals surface area (Å²) in [5.74, 6) is -3.07. The van der Waals surface area contributed by atoms with E-state index in [9.17, 15) is 13.6 Å². The van der Waals surface area contributed by atoms with Gasteiger partial charge < -0.3 is 16.0 Å². The Morgan fingerprint density at radius 1 is 1.55 bits per heavy atom. The van der Waals surface area contributed by atoms with Gasteiger partial charge >= 0.3 is 0 Å². The van der Waals surface area contributed by atoms with E-state index in [1.54, 1.807) is 0 Å². The molecule has 0 aliphatic carbocycles. The van der Waals surface area contributed by atoms with Crippen molar-refractivity contribution in [2.75, 3.05) is 39.0 Å². The number of hydrogen-bond donors (Lipinski definition) is 2. The number of rotatable bonds is 7. The summed E-state index contributed by atoms with van der Waals surface area (Å²) in [5, 5.41) is 6.12. The van der Waals surface area contributed by atoms with E-state index in [0.29, 0.717) is 13.1 Å². The Bertz CT molecular complexity index is 506. The van der Waals surface area contributed by atoms with Crippen molar-refractivity contribution in [3.63, 3.8) is 0 Å². The molecule has 1 rings (SSSR count). The Morgan fingerprint density at radius 2 is 2.20 bits per heavy atom. The molecule has 0 spiro atoms. The Hall–Kier alpha value is -1.25. The topological polar surface area (TPSA) is 76.2 Å². The van der Waals surface area contributed by atoms with Crippen molar-refractivity contribution in [2.24, 2.45) is 5.73 Å². The molecule has 0 aliphatic heterocycles. The van der Waals surface area contributed by atoms with Gasteiger partial charge in [-0.05, 0) is 14.1 Å². The van der Waals surface area contributed by atoms with E-state index in [-0.39, 0.29) is 10.7 Å². The molecule has 1 aromatic heterocycles. The monoisotopic (exact) mass is 309 g/mol. The largest absolute Gasteiger partial charge is 0.376 e. The van der Waals surface area contributed by atoms with E-state index >= 15 is 0 Å². The molecule has 0 unspecified atom stereocenters. The number of anilines is 1. The van der Waals surface area contributed by atoms with Crippen LogP contribution in [0.5, 0.6) is 0 Å². The number of nitrogens with zero attached hydrogens (tertiary/aromatic N) is 3. The molecule has 0 bridgehead atoms. The minimum absolute atomic E-state index is 0.0749.